The molecular formula is C29H29N3O5. The molecule has 1 heterocycles. The molecule has 8 heteroatoms. The first kappa shape index (κ1) is 25.6. The number of benzene rings is 3. The van der Waals surface area contributed by atoms with Gasteiger partial charge in [0.05, 0.1) is 19.2 Å². The molecule has 2 amide bonds. The van der Waals surface area contributed by atoms with Crippen LogP contribution in [0.25, 0.3) is 0 Å². The summed E-state index contributed by atoms with van der Waals surface area (Å²) in [4.78, 5) is 44.7. The lowest BCUT2D eigenvalue weighted by molar-refractivity contribution is -0.130. The zero-order valence-corrected chi connectivity index (χ0v) is 21.2. The highest BCUT2D eigenvalue weighted by Crippen LogP contribution is 2.37. The molecule has 0 spiro atoms. The van der Waals surface area contributed by atoms with Crippen LogP contribution in [0, 0.1) is 0 Å². The van der Waals surface area contributed by atoms with Crippen molar-refractivity contribution in [2.45, 2.75) is 38.5 Å². The highest BCUT2D eigenvalue weighted by molar-refractivity contribution is 6.13. The normalized spacial score (nSPS) is 15.8. The van der Waals surface area contributed by atoms with Crippen molar-refractivity contribution in [3.05, 3.63) is 107 Å². The number of esters is 1. The minimum atomic E-state index is -1.33. The summed E-state index contributed by atoms with van der Waals surface area (Å²) < 4.78 is 10.2. The van der Waals surface area contributed by atoms with E-state index >= 15 is 0 Å². The van der Waals surface area contributed by atoms with Crippen LogP contribution < -0.4 is 5.32 Å². The van der Waals surface area contributed by atoms with Gasteiger partial charge in [-0.25, -0.2) is 9.59 Å². The molecule has 3 aromatic rings. The number of rotatable bonds is 5. The number of ether oxygens (including phenoxy) is 2. The lowest BCUT2D eigenvalue weighted by Crippen LogP contribution is -2.45. The fraction of sp³-hybridized carbons (Fsp3) is 0.241. The summed E-state index contributed by atoms with van der Waals surface area (Å²) in [5, 5.41) is 3.26. The van der Waals surface area contributed by atoms with Gasteiger partial charge in [0.25, 0.3) is 5.91 Å². The van der Waals surface area contributed by atoms with Crippen LogP contribution in [-0.4, -0.2) is 41.5 Å². The van der Waals surface area contributed by atoms with Crippen LogP contribution >= 0.6 is 0 Å². The van der Waals surface area contributed by atoms with Crippen LogP contribution in [0.3, 0.4) is 0 Å². The maximum atomic E-state index is 14.3. The Balaban J connectivity index is 1.84. The Morgan fingerprint density at radius 3 is 2.05 bits per heavy atom. The number of nitrogens with one attached hydrogen (secondary N) is 1. The Labute approximate surface area is 215 Å². The molecule has 0 atom stereocenters. The first-order valence-electron chi connectivity index (χ1n) is 11.8. The summed E-state index contributed by atoms with van der Waals surface area (Å²) in [6.45, 7) is 5.28. The molecule has 1 N–H and O–H groups in total. The third-order valence-electron chi connectivity index (χ3n) is 5.81. The van der Waals surface area contributed by atoms with Crippen LogP contribution in [0.2, 0.25) is 0 Å². The van der Waals surface area contributed by atoms with Crippen molar-refractivity contribution in [1.29, 1.82) is 0 Å². The van der Waals surface area contributed by atoms with Gasteiger partial charge < -0.3 is 14.8 Å². The smallest absolute Gasteiger partial charge is 0.437 e. The summed E-state index contributed by atoms with van der Waals surface area (Å²) in [5.41, 5.74) is 0.292. The number of methoxy groups -OCH3 is 1. The van der Waals surface area contributed by atoms with E-state index in [9.17, 15) is 14.4 Å². The number of hydrogen-bond acceptors (Lipinski definition) is 5. The largest absolute Gasteiger partial charge is 0.465 e. The van der Waals surface area contributed by atoms with Gasteiger partial charge in [-0.2, -0.15) is 0 Å². The van der Waals surface area contributed by atoms with Gasteiger partial charge in [0.15, 0.2) is 5.54 Å². The molecular weight excluding hydrogens is 470 g/mol. The summed E-state index contributed by atoms with van der Waals surface area (Å²) in [6, 6.07) is 25.3. The van der Waals surface area contributed by atoms with Crippen molar-refractivity contribution in [1.82, 2.24) is 10.2 Å². The van der Waals surface area contributed by atoms with E-state index in [1.165, 1.54) is 12.0 Å². The third kappa shape index (κ3) is 5.38. The molecule has 190 valence electrons. The molecule has 0 bridgehead atoms. The van der Waals surface area contributed by atoms with Gasteiger partial charge in [-0.15, -0.1) is 4.99 Å². The van der Waals surface area contributed by atoms with Crippen LogP contribution in [0.5, 0.6) is 0 Å². The van der Waals surface area contributed by atoms with Gasteiger partial charge in [0, 0.05) is 0 Å². The van der Waals surface area contributed by atoms with E-state index in [0.29, 0.717) is 22.3 Å². The Morgan fingerprint density at radius 2 is 1.51 bits per heavy atom. The van der Waals surface area contributed by atoms with Crippen LogP contribution in [-0.2, 0) is 26.4 Å². The average Bonchev–Trinajstić information content (AvgIpc) is 3.15. The van der Waals surface area contributed by atoms with E-state index in [0.717, 1.165) is 0 Å². The second-order valence-electron chi connectivity index (χ2n) is 9.61. The fourth-order valence-corrected chi connectivity index (χ4v) is 4.22. The topological polar surface area (TPSA) is 97.3 Å². The van der Waals surface area contributed by atoms with Gasteiger partial charge in [0.1, 0.15) is 5.60 Å². The molecule has 0 aliphatic carbocycles. The zero-order chi connectivity index (χ0) is 26.6. The fourth-order valence-electron chi connectivity index (χ4n) is 4.22. The van der Waals surface area contributed by atoms with Crippen molar-refractivity contribution in [2.75, 3.05) is 7.11 Å². The van der Waals surface area contributed by atoms with Gasteiger partial charge in [0.2, 0.25) is 5.96 Å². The van der Waals surface area contributed by atoms with E-state index < -0.39 is 23.2 Å². The van der Waals surface area contributed by atoms with Crippen LogP contribution in [0.15, 0.2) is 89.9 Å². The highest BCUT2D eigenvalue weighted by atomic mass is 16.6. The lowest BCUT2D eigenvalue weighted by Gasteiger charge is -2.28. The predicted molar refractivity (Wildman–Crippen MR) is 139 cm³/mol. The third-order valence-corrected chi connectivity index (χ3v) is 5.81. The van der Waals surface area contributed by atoms with Gasteiger partial charge in [-0.1, -0.05) is 72.8 Å². The molecule has 1 fully saturated rings. The lowest BCUT2D eigenvalue weighted by atomic mass is 9.82. The molecule has 0 radical (unpaired) electrons. The number of carbonyl (C=O) groups is 3. The first-order chi connectivity index (χ1) is 17.6. The molecule has 37 heavy (non-hydrogen) atoms. The van der Waals surface area contributed by atoms with Gasteiger partial charge >= 0.3 is 12.1 Å². The predicted octanol–water partition coefficient (Wildman–Crippen LogP) is 4.64. The summed E-state index contributed by atoms with van der Waals surface area (Å²) >= 11 is 0. The Morgan fingerprint density at radius 1 is 0.919 bits per heavy atom. The molecule has 0 aromatic heterocycles. The summed E-state index contributed by atoms with van der Waals surface area (Å²) in [6.07, 6.45) is -0.826. The zero-order valence-electron chi connectivity index (χ0n) is 21.2. The Hall–Kier alpha value is -4.46. The molecule has 4 rings (SSSR count). The van der Waals surface area contributed by atoms with Crippen LogP contribution in [0.4, 0.5) is 4.79 Å². The maximum absolute atomic E-state index is 14.3. The highest BCUT2D eigenvalue weighted by Gasteiger charge is 2.52. The summed E-state index contributed by atoms with van der Waals surface area (Å²) in [5.74, 6) is -0.760. The molecule has 1 saturated heterocycles. The molecule has 3 aromatic carbocycles. The number of nitrogens with zero attached hydrogens (tertiary/aromatic N) is 2. The van der Waals surface area contributed by atoms with Crippen molar-refractivity contribution in [3.63, 3.8) is 0 Å². The standard InChI is InChI=1S/C29H29N3O5/c1-28(2,3)37-27(35)30-26-31-29(22-14-7-5-8-15-22,23-16-9-6-10-17-23)25(34)32(26)19-20-12-11-13-21(18-20)24(33)36-4/h5-18H,19H2,1-4H3,(H,30,31,35). The molecule has 8 nitrogen and oxygen atoms in total. The summed E-state index contributed by atoms with van der Waals surface area (Å²) in [7, 11) is 1.31. The van der Waals surface area contributed by atoms with E-state index in [4.69, 9.17) is 9.47 Å². The van der Waals surface area contributed by atoms with Crippen LogP contribution in [0.1, 0.15) is 47.8 Å². The number of hydrogen-bond donors (Lipinski definition) is 1. The van der Waals surface area contributed by atoms with Crippen molar-refractivity contribution < 1.29 is 23.9 Å². The first-order valence-corrected chi connectivity index (χ1v) is 11.8. The Bertz CT molecular complexity index is 1290. The number of aliphatic imine (C=N–C) groups is 1. The van der Waals surface area contributed by atoms with E-state index in [1.54, 1.807) is 45.0 Å². The molecule has 0 unspecified atom stereocenters. The Kier molecular flexibility index (Phi) is 7.11. The second kappa shape index (κ2) is 10.3. The number of guanidine groups is 1. The average molecular weight is 500 g/mol. The number of carbonyl (C=O) groups excluding carboxylic acids is 3. The monoisotopic (exact) mass is 499 g/mol. The quantitative estimate of drug-likeness (QED) is 0.514. The molecule has 1 aliphatic heterocycles. The minimum Gasteiger partial charge on any atom is -0.465 e. The second-order valence-corrected chi connectivity index (χ2v) is 9.61. The van der Waals surface area contributed by atoms with E-state index in [-0.39, 0.29) is 18.4 Å². The molecule has 0 saturated carbocycles. The van der Waals surface area contributed by atoms with Crippen molar-refractivity contribution in [3.8, 4) is 0 Å². The number of amides is 2. The van der Waals surface area contributed by atoms with Gasteiger partial charge in [-0.05, 0) is 49.6 Å². The van der Waals surface area contributed by atoms with Gasteiger partial charge in [-0.3, -0.25) is 9.69 Å². The minimum absolute atomic E-state index is 0.0513. The van der Waals surface area contributed by atoms with Crippen molar-refractivity contribution in [2.24, 2.45) is 4.99 Å². The maximum Gasteiger partial charge on any atom is 0.437 e. The molecule has 1 aliphatic rings. The van der Waals surface area contributed by atoms with Crippen molar-refractivity contribution >= 4 is 23.9 Å². The SMILES string of the molecule is COC(=O)c1cccc(CN2C(=O)C(c3ccccc3)(c3ccccc3)N/C2=N/C(=O)OC(C)(C)C)c1. The van der Waals surface area contributed by atoms with E-state index in [1.807, 2.05) is 60.7 Å². The van der Waals surface area contributed by atoms with E-state index in [2.05, 4.69) is 10.3 Å².